The van der Waals surface area contributed by atoms with E-state index in [1.807, 2.05) is 0 Å². The molecular weight excluding hydrogens is 327 g/mol. The maximum atomic E-state index is 13.6. The molecule has 0 aromatic heterocycles. The zero-order valence-electron chi connectivity index (χ0n) is 14.9. The molecule has 138 valence electrons. The molecule has 1 aliphatic rings. The third kappa shape index (κ3) is 5.14. The molecule has 1 N–H and O–H groups in total. The Kier molecular flexibility index (Phi) is 5.98. The Morgan fingerprint density at radius 1 is 1.36 bits per heavy atom. The van der Waals surface area contributed by atoms with Gasteiger partial charge in [0.25, 0.3) is 5.91 Å². The van der Waals surface area contributed by atoms with Crippen LogP contribution in [0.25, 0.3) is 0 Å². The standard InChI is InChI=1S/C18H25FN2O4/c1-18(2,3)13-6-4-5-7-15(13)20-17(22)11-25-12-8-9-16(21(23)24)14(19)10-12/h8-10,13,15H,4-7,11H2,1-3H3,(H,20,22). The summed E-state index contributed by atoms with van der Waals surface area (Å²) in [6.07, 6.45) is 4.29. The van der Waals surface area contributed by atoms with E-state index >= 15 is 0 Å². The van der Waals surface area contributed by atoms with Crippen molar-refractivity contribution < 1.29 is 18.8 Å². The Bertz CT molecular complexity index is 642. The van der Waals surface area contributed by atoms with Crippen LogP contribution in [0.3, 0.4) is 0 Å². The van der Waals surface area contributed by atoms with E-state index in [0.717, 1.165) is 31.4 Å². The van der Waals surface area contributed by atoms with E-state index in [0.29, 0.717) is 5.92 Å². The normalized spacial score (nSPS) is 20.8. The number of carbonyl (C=O) groups excluding carboxylic acids is 1. The number of carbonyl (C=O) groups is 1. The molecule has 0 spiro atoms. The predicted molar refractivity (Wildman–Crippen MR) is 91.9 cm³/mol. The van der Waals surface area contributed by atoms with Gasteiger partial charge in [-0.3, -0.25) is 14.9 Å². The zero-order valence-corrected chi connectivity index (χ0v) is 14.9. The average molecular weight is 352 g/mol. The number of benzene rings is 1. The van der Waals surface area contributed by atoms with E-state index in [4.69, 9.17) is 4.74 Å². The number of amides is 1. The fourth-order valence-corrected chi connectivity index (χ4v) is 3.46. The van der Waals surface area contributed by atoms with E-state index in [-0.39, 0.29) is 29.7 Å². The van der Waals surface area contributed by atoms with Gasteiger partial charge in [0.15, 0.2) is 6.61 Å². The molecule has 1 fully saturated rings. The van der Waals surface area contributed by atoms with Crippen molar-refractivity contribution in [1.82, 2.24) is 5.32 Å². The smallest absolute Gasteiger partial charge is 0.305 e. The van der Waals surface area contributed by atoms with Crippen LogP contribution in [0.4, 0.5) is 10.1 Å². The topological polar surface area (TPSA) is 81.5 Å². The number of hydrogen-bond acceptors (Lipinski definition) is 4. The van der Waals surface area contributed by atoms with Crippen LogP contribution in [0.5, 0.6) is 5.75 Å². The SMILES string of the molecule is CC(C)(C)C1CCCCC1NC(=O)COc1ccc([N+](=O)[O-])c(F)c1. The largest absolute Gasteiger partial charge is 0.484 e. The van der Waals surface area contributed by atoms with Crippen LogP contribution in [0, 0.1) is 27.3 Å². The van der Waals surface area contributed by atoms with Crippen LogP contribution in [0.15, 0.2) is 18.2 Å². The molecule has 1 aromatic rings. The lowest BCUT2D eigenvalue weighted by molar-refractivity contribution is -0.387. The molecule has 0 saturated heterocycles. The number of nitro benzene ring substituents is 1. The van der Waals surface area contributed by atoms with Gasteiger partial charge in [0.1, 0.15) is 5.75 Å². The Hall–Kier alpha value is -2.18. The molecule has 6 nitrogen and oxygen atoms in total. The summed E-state index contributed by atoms with van der Waals surface area (Å²) in [5.41, 5.74) is -0.507. The van der Waals surface area contributed by atoms with Gasteiger partial charge < -0.3 is 10.1 Å². The molecule has 2 rings (SSSR count). The van der Waals surface area contributed by atoms with Crippen LogP contribution >= 0.6 is 0 Å². The van der Waals surface area contributed by atoms with Gasteiger partial charge in [-0.05, 0) is 30.2 Å². The average Bonchev–Trinajstić information content (AvgIpc) is 2.52. The second-order valence-electron chi connectivity index (χ2n) is 7.59. The van der Waals surface area contributed by atoms with Crippen molar-refractivity contribution in [2.75, 3.05) is 6.61 Å². The van der Waals surface area contributed by atoms with Gasteiger partial charge >= 0.3 is 5.69 Å². The number of rotatable bonds is 5. The van der Waals surface area contributed by atoms with Crippen molar-refractivity contribution in [1.29, 1.82) is 0 Å². The second-order valence-corrected chi connectivity index (χ2v) is 7.59. The minimum absolute atomic E-state index is 0.0919. The van der Waals surface area contributed by atoms with Gasteiger partial charge in [-0.2, -0.15) is 4.39 Å². The van der Waals surface area contributed by atoms with Crippen molar-refractivity contribution in [3.63, 3.8) is 0 Å². The summed E-state index contributed by atoms with van der Waals surface area (Å²) in [5.74, 6) is -0.751. The first kappa shape index (κ1) is 19.1. The van der Waals surface area contributed by atoms with Crippen molar-refractivity contribution in [2.24, 2.45) is 11.3 Å². The monoisotopic (exact) mass is 352 g/mol. The molecule has 0 radical (unpaired) electrons. The molecule has 1 aliphatic carbocycles. The lowest BCUT2D eigenvalue weighted by atomic mass is 9.69. The first-order chi connectivity index (χ1) is 11.7. The first-order valence-electron chi connectivity index (χ1n) is 8.54. The maximum absolute atomic E-state index is 13.6. The van der Waals surface area contributed by atoms with Crippen LogP contribution in [0.1, 0.15) is 46.5 Å². The molecule has 1 aromatic carbocycles. The number of nitro groups is 1. The fourth-order valence-electron chi connectivity index (χ4n) is 3.46. The van der Waals surface area contributed by atoms with Gasteiger partial charge in [-0.15, -0.1) is 0 Å². The highest BCUT2D eigenvalue weighted by atomic mass is 19.1. The lowest BCUT2D eigenvalue weighted by Crippen LogP contribution is -2.48. The van der Waals surface area contributed by atoms with Crippen LogP contribution < -0.4 is 10.1 Å². The fraction of sp³-hybridized carbons (Fsp3) is 0.611. The number of nitrogens with zero attached hydrogens (tertiary/aromatic N) is 1. The third-order valence-corrected chi connectivity index (χ3v) is 4.71. The Labute approximate surface area is 146 Å². The number of halogens is 1. The van der Waals surface area contributed by atoms with E-state index in [1.54, 1.807) is 0 Å². The Morgan fingerprint density at radius 3 is 2.64 bits per heavy atom. The first-order valence-corrected chi connectivity index (χ1v) is 8.54. The molecular formula is C18H25FN2O4. The van der Waals surface area contributed by atoms with E-state index in [1.165, 1.54) is 12.5 Å². The van der Waals surface area contributed by atoms with Crippen molar-refractivity contribution in [3.8, 4) is 5.75 Å². The minimum atomic E-state index is -0.983. The highest BCUT2D eigenvalue weighted by Crippen LogP contribution is 2.37. The Balaban J connectivity index is 1.92. The molecule has 25 heavy (non-hydrogen) atoms. The maximum Gasteiger partial charge on any atom is 0.305 e. The molecule has 0 heterocycles. The number of hydrogen-bond donors (Lipinski definition) is 1. The van der Waals surface area contributed by atoms with Gasteiger partial charge in [0, 0.05) is 18.2 Å². The predicted octanol–water partition coefficient (Wildman–Crippen LogP) is 3.83. The summed E-state index contributed by atoms with van der Waals surface area (Å²) in [4.78, 5) is 22.0. The van der Waals surface area contributed by atoms with Crippen molar-refractivity contribution in [3.05, 3.63) is 34.1 Å². The molecule has 7 heteroatoms. The minimum Gasteiger partial charge on any atom is -0.484 e. The van der Waals surface area contributed by atoms with E-state index in [2.05, 4.69) is 26.1 Å². The summed E-state index contributed by atoms with van der Waals surface area (Å²) in [6, 6.07) is 3.34. The number of nitrogens with one attached hydrogen (secondary N) is 1. The van der Waals surface area contributed by atoms with Gasteiger partial charge in [0.2, 0.25) is 5.82 Å². The van der Waals surface area contributed by atoms with E-state index in [9.17, 15) is 19.3 Å². The summed E-state index contributed by atoms with van der Waals surface area (Å²) in [7, 11) is 0. The zero-order chi connectivity index (χ0) is 18.6. The van der Waals surface area contributed by atoms with Crippen LogP contribution in [-0.2, 0) is 4.79 Å². The summed E-state index contributed by atoms with van der Waals surface area (Å²) in [5, 5.41) is 13.6. The van der Waals surface area contributed by atoms with Gasteiger partial charge in [0.05, 0.1) is 4.92 Å². The lowest BCUT2D eigenvalue weighted by Gasteiger charge is -2.40. The molecule has 0 bridgehead atoms. The van der Waals surface area contributed by atoms with E-state index < -0.39 is 16.4 Å². The third-order valence-electron chi connectivity index (χ3n) is 4.71. The molecule has 1 amide bonds. The van der Waals surface area contributed by atoms with Crippen LogP contribution in [0.2, 0.25) is 0 Å². The van der Waals surface area contributed by atoms with Gasteiger partial charge in [-0.1, -0.05) is 33.6 Å². The molecule has 1 saturated carbocycles. The molecule has 2 unspecified atom stereocenters. The highest BCUT2D eigenvalue weighted by molar-refractivity contribution is 5.77. The Morgan fingerprint density at radius 2 is 2.04 bits per heavy atom. The quantitative estimate of drug-likeness (QED) is 0.645. The summed E-state index contributed by atoms with van der Waals surface area (Å²) >= 11 is 0. The van der Waals surface area contributed by atoms with Gasteiger partial charge in [-0.25, -0.2) is 0 Å². The second kappa shape index (κ2) is 7.80. The molecule has 0 aliphatic heterocycles. The highest BCUT2D eigenvalue weighted by Gasteiger charge is 2.34. The summed E-state index contributed by atoms with van der Waals surface area (Å²) in [6.45, 7) is 6.29. The van der Waals surface area contributed by atoms with Crippen molar-refractivity contribution >= 4 is 11.6 Å². The number of ether oxygens (including phenoxy) is 1. The van der Waals surface area contributed by atoms with Crippen molar-refractivity contribution in [2.45, 2.75) is 52.5 Å². The molecule has 2 atom stereocenters. The summed E-state index contributed by atoms with van der Waals surface area (Å²) < 4.78 is 18.8. The van der Waals surface area contributed by atoms with Crippen LogP contribution in [-0.4, -0.2) is 23.5 Å².